The van der Waals surface area contributed by atoms with E-state index in [1.165, 1.54) is 12.5 Å². The Morgan fingerprint density at radius 1 is 1.44 bits per heavy atom. The van der Waals surface area contributed by atoms with Gasteiger partial charge >= 0.3 is 0 Å². The first-order valence-corrected chi connectivity index (χ1v) is 5.36. The van der Waals surface area contributed by atoms with Gasteiger partial charge in [0.2, 0.25) is 5.91 Å². The number of aliphatic imine (C=N–C) groups is 1. The van der Waals surface area contributed by atoms with Gasteiger partial charge in [0.15, 0.2) is 5.96 Å². The molecule has 1 heterocycles. The Morgan fingerprint density at radius 3 is 2.75 bits per heavy atom. The molecule has 2 N–H and O–H groups in total. The largest absolute Gasteiger partial charge is 0.355 e. The van der Waals surface area contributed by atoms with E-state index < -0.39 is 0 Å². The van der Waals surface area contributed by atoms with Crippen LogP contribution in [0.5, 0.6) is 0 Å². The van der Waals surface area contributed by atoms with Gasteiger partial charge in [0.25, 0.3) is 0 Å². The van der Waals surface area contributed by atoms with Crippen molar-refractivity contribution in [1.29, 1.82) is 0 Å². The average molecular weight is 217 g/mol. The summed E-state index contributed by atoms with van der Waals surface area (Å²) >= 11 is 0. The third kappa shape index (κ3) is 2.59. The minimum atomic E-state index is -0.0931. The highest BCUT2D eigenvalue weighted by Crippen LogP contribution is 2.16. The SMILES string of the molecule is CC(=O)NC1=NCC(c2ccccc2)CN1. The first-order chi connectivity index (χ1) is 7.75. The fraction of sp³-hybridized carbons (Fsp3) is 0.333. The highest BCUT2D eigenvalue weighted by Gasteiger charge is 2.16. The van der Waals surface area contributed by atoms with Crippen LogP contribution in [0.2, 0.25) is 0 Å². The van der Waals surface area contributed by atoms with E-state index in [1.54, 1.807) is 0 Å². The van der Waals surface area contributed by atoms with Gasteiger partial charge in [-0.3, -0.25) is 15.1 Å². The van der Waals surface area contributed by atoms with Gasteiger partial charge in [-0.1, -0.05) is 30.3 Å². The molecule has 0 saturated carbocycles. The molecule has 84 valence electrons. The Balaban J connectivity index is 1.99. The monoisotopic (exact) mass is 217 g/mol. The quantitative estimate of drug-likeness (QED) is 0.733. The molecule has 2 rings (SSSR count). The van der Waals surface area contributed by atoms with Crippen molar-refractivity contribution >= 4 is 11.9 Å². The maximum atomic E-state index is 10.8. The molecule has 0 spiro atoms. The molecule has 1 unspecified atom stereocenters. The first-order valence-electron chi connectivity index (χ1n) is 5.36. The van der Waals surface area contributed by atoms with Gasteiger partial charge in [0, 0.05) is 19.4 Å². The lowest BCUT2D eigenvalue weighted by Crippen LogP contribution is -2.45. The Kier molecular flexibility index (Phi) is 3.19. The summed E-state index contributed by atoms with van der Waals surface area (Å²) in [6.45, 7) is 3.00. The standard InChI is InChI=1S/C12H15N3O/c1-9(16)15-12-13-7-11(8-14-12)10-5-3-2-4-6-10/h2-6,11H,7-8H2,1H3,(H2,13,14,15,16). The second-order valence-corrected chi connectivity index (χ2v) is 3.86. The number of carbonyl (C=O) groups excluding carboxylic acids is 1. The molecule has 1 aliphatic heterocycles. The minimum Gasteiger partial charge on any atom is -0.355 e. The van der Waals surface area contributed by atoms with Crippen molar-refractivity contribution in [1.82, 2.24) is 10.6 Å². The predicted molar refractivity (Wildman–Crippen MR) is 63.3 cm³/mol. The molecule has 1 atom stereocenters. The number of amides is 1. The maximum Gasteiger partial charge on any atom is 0.223 e. The number of nitrogens with one attached hydrogen (secondary N) is 2. The number of carbonyl (C=O) groups is 1. The molecular weight excluding hydrogens is 202 g/mol. The summed E-state index contributed by atoms with van der Waals surface area (Å²) in [4.78, 5) is 15.1. The lowest BCUT2D eigenvalue weighted by atomic mass is 9.98. The van der Waals surface area contributed by atoms with E-state index in [-0.39, 0.29) is 5.91 Å². The smallest absolute Gasteiger partial charge is 0.223 e. The molecule has 4 nitrogen and oxygen atoms in total. The average Bonchev–Trinajstić information content (AvgIpc) is 2.30. The van der Waals surface area contributed by atoms with Crippen molar-refractivity contribution in [3.63, 3.8) is 0 Å². The molecular formula is C12H15N3O. The zero-order valence-corrected chi connectivity index (χ0v) is 9.23. The second kappa shape index (κ2) is 4.79. The lowest BCUT2D eigenvalue weighted by Gasteiger charge is -2.23. The van der Waals surface area contributed by atoms with Gasteiger partial charge in [-0.2, -0.15) is 0 Å². The topological polar surface area (TPSA) is 53.5 Å². The van der Waals surface area contributed by atoms with E-state index in [1.807, 2.05) is 18.2 Å². The fourth-order valence-corrected chi connectivity index (χ4v) is 1.74. The molecule has 1 amide bonds. The maximum absolute atomic E-state index is 10.8. The Bertz CT molecular complexity index is 400. The first kappa shape index (κ1) is 10.7. The van der Waals surface area contributed by atoms with Gasteiger partial charge in [0.1, 0.15) is 0 Å². The van der Waals surface area contributed by atoms with Crippen LogP contribution in [0, 0.1) is 0 Å². The number of nitrogens with zero attached hydrogens (tertiary/aromatic N) is 1. The fourth-order valence-electron chi connectivity index (χ4n) is 1.74. The van der Waals surface area contributed by atoms with Gasteiger partial charge < -0.3 is 5.32 Å². The van der Waals surface area contributed by atoms with E-state index in [4.69, 9.17) is 0 Å². The predicted octanol–water partition coefficient (Wildman–Crippen LogP) is 0.866. The molecule has 0 saturated heterocycles. The van der Waals surface area contributed by atoms with Crippen LogP contribution in [0.15, 0.2) is 35.3 Å². The van der Waals surface area contributed by atoms with Crippen LogP contribution < -0.4 is 10.6 Å². The number of benzene rings is 1. The van der Waals surface area contributed by atoms with Gasteiger partial charge in [-0.15, -0.1) is 0 Å². The van der Waals surface area contributed by atoms with Gasteiger partial charge in [-0.05, 0) is 5.56 Å². The molecule has 4 heteroatoms. The van der Waals surface area contributed by atoms with E-state index in [0.29, 0.717) is 18.4 Å². The van der Waals surface area contributed by atoms with E-state index in [9.17, 15) is 4.79 Å². The molecule has 1 aromatic rings. The third-order valence-electron chi connectivity index (χ3n) is 2.55. The molecule has 1 aliphatic rings. The molecule has 0 aromatic heterocycles. The zero-order chi connectivity index (χ0) is 11.4. The summed E-state index contributed by atoms with van der Waals surface area (Å²) in [5.74, 6) is 0.878. The van der Waals surface area contributed by atoms with Crippen LogP contribution in [-0.4, -0.2) is 25.0 Å². The Labute approximate surface area is 94.8 Å². The summed E-state index contributed by atoms with van der Waals surface area (Å²) in [5.41, 5.74) is 1.28. The van der Waals surface area contributed by atoms with E-state index >= 15 is 0 Å². The van der Waals surface area contributed by atoms with Crippen molar-refractivity contribution < 1.29 is 4.79 Å². The highest BCUT2D eigenvalue weighted by atomic mass is 16.1. The van der Waals surface area contributed by atoms with Crippen LogP contribution in [0.4, 0.5) is 0 Å². The molecule has 0 bridgehead atoms. The summed E-state index contributed by atoms with van der Waals surface area (Å²) in [6.07, 6.45) is 0. The van der Waals surface area contributed by atoms with Crippen molar-refractivity contribution in [2.75, 3.05) is 13.1 Å². The van der Waals surface area contributed by atoms with Gasteiger partial charge in [0.05, 0.1) is 6.54 Å². The van der Waals surface area contributed by atoms with Gasteiger partial charge in [-0.25, -0.2) is 0 Å². The van der Waals surface area contributed by atoms with Crippen LogP contribution >= 0.6 is 0 Å². The molecule has 0 radical (unpaired) electrons. The normalized spacial score (nSPS) is 19.6. The Morgan fingerprint density at radius 2 is 2.19 bits per heavy atom. The Hall–Kier alpha value is -1.84. The second-order valence-electron chi connectivity index (χ2n) is 3.86. The summed E-state index contributed by atoms with van der Waals surface area (Å²) in [5, 5.41) is 5.77. The van der Waals surface area contributed by atoms with Crippen LogP contribution in [0.25, 0.3) is 0 Å². The minimum absolute atomic E-state index is 0.0931. The summed E-state index contributed by atoms with van der Waals surface area (Å²) in [6, 6.07) is 10.3. The highest BCUT2D eigenvalue weighted by molar-refractivity contribution is 5.96. The number of hydrogen-bond donors (Lipinski definition) is 2. The molecule has 0 aliphatic carbocycles. The number of rotatable bonds is 1. The molecule has 1 aromatic carbocycles. The third-order valence-corrected chi connectivity index (χ3v) is 2.55. The van der Waals surface area contributed by atoms with E-state index in [2.05, 4.69) is 27.8 Å². The molecule has 0 fully saturated rings. The van der Waals surface area contributed by atoms with Crippen molar-refractivity contribution in [2.24, 2.45) is 4.99 Å². The van der Waals surface area contributed by atoms with Crippen molar-refractivity contribution in [2.45, 2.75) is 12.8 Å². The van der Waals surface area contributed by atoms with Crippen molar-refractivity contribution in [3.05, 3.63) is 35.9 Å². The number of hydrogen-bond acceptors (Lipinski definition) is 3. The van der Waals surface area contributed by atoms with E-state index in [0.717, 1.165) is 6.54 Å². The van der Waals surface area contributed by atoms with Crippen LogP contribution in [0.1, 0.15) is 18.4 Å². The number of guanidine groups is 1. The summed E-state index contributed by atoms with van der Waals surface area (Å²) in [7, 11) is 0. The van der Waals surface area contributed by atoms with Crippen LogP contribution in [0.3, 0.4) is 0 Å². The zero-order valence-electron chi connectivity index (χ0n) is 9.23. The van der Waals surface area contributed by atoms with Crippen LogP contribution in [-0.2, 0) is 4.79 Å². The van der Waals surface area contributed by atoms with Crippen molar-refractivity contribution in [3.8, 4) is 0 Å². The summed E-state index contributed by atoms with van der Waals surface area (Å²) < 4.78 is 0. The molecule has 16 heavy (non-hydrogen) atoms. The lowest BCUT2D eigenvalue weighted by molar-refractivity contribution is -0.117.